The fourth-order valence-corrected chi connectivity index (χ4v) is 3.94. The van der Waals surface area contributed by atoms with E-state index in [1.165, 1.54) is 0 Å². The first-order valence-electron chi connectivity index (χ1n) is 11.4. The van der Waals surface area contributed by atoms with E-state index in [0.29, 0.717) is 32.8 Å². The summed E-state index contributed by atoms with van der Waals surface area (Å²) in [6, 6.07) is 30.4. The van der Waals surface area contributed by atoms with E-state index in [0.717, 1.165) is 16.7 Å². The third-order valence-corrected chi connectivity index (χ3v) is 5.74. The summed E-state index contributed by atoms with van der Waals surface area (Å²) in [5.74, 6) is 0. The average molecular weight is 449 g/mol. The van der Waals surface area contributed by atoms with E-state index in [9.17, 15) is 0 Å². The van der Waals surface area contributed by atoms with E-state index in [4.69, 9.17) is 23.7 Å². The molecular formula is C28H32O5. The third kappa shape index (κ3) is 7.22. The minimum atomic E-state index is -0.326. The number of rotatable bonds is 12. The molecule has 0 spiro atoms. The maximum absolute atomic E-state index is 6.34. The molecule has 0 aromatic heterocycles. The van der Waals surface area contributed by atoms with Crippen LogP contribution in [0.1, 0.15) is 23.1 Å². The summed E-state index contributed by atoms with van der Waals surface area (Å²) in [5, 5.41) is 0. The van der Waals surface area contributed by atoms with Crippen molar-refractivity contribution < 1.29 is 23.7 Å². The molecule has 0 bridgehead atoms. The van der Waals surface area contributed by atoms with Crippen LogP contribution in [0.25, 0.3) is 0 Å². The van der Waals surface area contributed by atoms with Crippen LogP contribution in [0, 0.1) is 0 Å². The number of ether oxygens (including phenoxy) is 5. The Labute approximate surface area is 196 Å². The fourth-order valence-electron chi connectivity index (χ4n) is 3.94. The van der Waals surface area contributed by atoms with E-state index in [-0.39, 0.29) is 24.6 Å². The zero-order chi connectivity index (χ0) is 22.7. The van der Waals surface area contributed by atoms with Crippen LogP contribution in [-0.2, 0) is 43.5 Å². The Kier molecular flexibility index (Phi) is 9.04. The van der Waals surface area contributed by atoms with Gasteiger partial charge in [-0.1, -0.05) is 91.0 Å². The van der Waals surface area contributed by atoms with Gasteiger partial charge in [0.2, 0.25) is 0 Å². The van der Waals surface area contributed by atoms with Crippen molar-refractivity contribution in [2.75, 3.05) is 13.7 Å². The van der Waals surface area contributed by atoms with Gasteiger partial charge in [0.1, 0.15) is 12.2 Å². The van der Waals surface area contributed by atoms with E-state index in [1.807, 2.05) is 54.6 Å². The van der Waals surface area contributed by atoms with Gasteiger partial charge >= 0.3 is 0 Å². The first kappa shape index (κ1) is 23.6. The van der Waals surface area contributed by atoms with Gasteiger partial charge < -0.3 is 23.7 Å². The highest BCUT2D eigenvalue weighted by molar-refractivity contribution is 5.15. The highest BCUT2D eigenvalue weighted by Gasteiger charge is 2.42. The standard InChI is InChI=1S/C28H32O5/c1-29-27-17-25(31-19-23-13-7-3-8-14-23)28(33-27)26(32-20-24-15-9-4-10-16-24)21-30-18-22-11-5-2-6-12-22/h2-16,25-28H,17-21H2,1H3. The molecule has 0 saturated carbocycles. The first-order chi connectivity index (χ1) is 16.3. The van der Waals surface area contributed by atoms with Crippen LogP contribution in [0.3, 0.4) is 0 Å². The van der Waals surface area contributed by atoms with Crippen molar-refractivity contribution in [3.05, 3.63) is 108 Å². The minimum Gasteiger partial charge on any atom is -0.374 e. The van der Waals surface area contributed by atoms with Crippen molar-refractivity contribution in [2.45, 2.75) is 50.8 Å². The van der Waals surface area contributed by atoms with Crippen LogP contribution in [0.15, 0.2) is 91.0 Å². The van der Waals surface area contributed by atoms with Gasteiger partial charge in [-0.15, -0.1) is 0 Å². The summed E-state index contributed by atoms with van der Waals surface area (Å²) in [6.45, 7) is 1.90. The van der Waals surface area contributed by atoms with Crippen molar-refractivity contribution in [1.82, 2.24) is 0 Å². The smallest absolute Gasteiger partial charge is 0.160 e. The lowest BCUT2D eigenvalue weighted by molar-refractivity contribution is -0.174. The zero-order valence-electron chi connectivity index (χ0n) is 19.0. The Hall–Kier alpha value is -2.54. The van der Waals surface area contributed by atoms with Crippen molar-refractivity contribution in [3.8, 4) is 0 Å². The summed E-state index contributed by atoms with van der Waals surface area (Å²) in [6.07, 6.45) is -0.422. The van der Waals surface area contributed by atoms with Crippen LogP contribution < -0.4 is 0 Å². The fraction of sp³-hybridized carbons (Fsp3) is 0.357. The summed E-state index contributed by atoms with van der Waals surface area (Å²) in [5.41, 5.74) is 3.35. The van der Waals surface area contributed by atoms with Crippen LogP contribution >= 0.6 is 0 Å². The molecule has 5 nitrogen and oxygen atoms in total. The molecule has 0 aliphatic carbocycles. The molecule has 0 amide bonds. The molecule has 1 saturated heterocycles. The molecule has 3 aromatic carbocycles. The lowest BCUT2D eigenvalue weighted by atomic mass is 10.1. The van der Waals surface area contributed by atoms with Crippen molar-refractivity contribution in [2.24, 2.45) is 0 Å². The Balaban J connectivity index is 1.42. The maximum atomic E-state index is 6.34. The summed E-state index contributed by atoms with van der Waals surface area (Å²) < 4.78 is 30.4. The molecule has 1 aliphatic heterocycles. The number of hydrogen-bond donors (Lipinski definition) is 0. The normalized spacial score (nSPS) is 21.2. The Morgan fingerprint density at radius 3 is 1.88 bits per heavy atom. The highest BCUT2D eigenvalue weighted by atomic mass is 16.7. The summed E-state index contributed by atoms with van der Waals surface area (Å²) in [7, 11) is 1.66. The van der Waals surface area contributed by atoms with Gasteiger partial charge in [0.25, 0.3) is 0 Å². The lowest BCUT2D eigenvalue weighted by Gasteiger charge is -2.28. The van der Waals surface area contributed by atoms with Crippen LogP contribution in [0.5, 0.6) is 0 Å². The molecule has 0 radical (unpaired) electrons. The van der Waals surface area contributed by atoms with E-state index >= 15 is 0 Å². The van der Waals surface area contributed by atoms with E-state index < -0.39 is 0 Å². The Morgan fingerprint density at radius 2 is 1.30 bits per heavy atom. The summed E-state index contributed by atoms with van der Waals surface area (Å²) in [4.78, 5) is 0. The van der Waals surface area contributed by atoms with Crippen LogP contribution in [0.4, 0.5) is 0 Å². The molecular weight excluding hydrogens is 416 g/mol. The molecule has 4 unspecified atom stereocenters. The monoisotopic (exact) mass is 448 g/mol. The van der Waals surface area contributed by atoms with Gasteiger partial charge in [0.05, 0.1) is 32.5 Å². The minimum absolute atomic E-state index is 0.156. The zero-order valence-corrected chi connectivity index (χ0v) is 19.0. The van der Waals surface area contributed by atoms with Crippen molar-refractivity contribution in [3.63, 3.8) is 0 Å². The number of hydrogen-bond acceptors (Lipinski definition) is 5. The third-order valence-electron chi connectivity index (χ3n) is 5.74. The summed E-state index contributed by atoms with van der Waals surface area (Å²) >= 11 is 0. The van der Waals surface area contributed by atoms with Gasteiger partial charge in [-0.25, -0.2) is 0 Å². The molecule has 1 aliphatic rings. The Morgan fingerprint density at radius 1 is 0.758 bits per heavy atom. The second-order valence-corrected chi connectivity index (χ2v) is 8.17. The number of methoxy groups -OCH3 is 1. The lowest BCUT2D eigenvalue weighted by Crippen LogP contribution is -2.41. The molecule has 5 heteroatoms. The van der Waals surface area contributed by atoms with Crippen molar-refractivity contribution >= 4 is 0 Å². The van der Waals surface area contributed by atoms with Gasteiger partial charge in [0.15, 0.2) is 6.29 Å². The van der Waals surface area contributed by atoms with Crippen LogP contribution in [0.2, 0.25) is 0 Å². The predicted molar refractivity (Wildman–Crippen MR) is 126 cm³/mol. The number of benzene rings is 3. The molecule has 3 aromatic rings. The molecule has 33 heavy (non-hydrogen) atoms. The van der Waals surface area contributed by atoms with Gasteiger partial charge in [-0.05, 0) is 16.7 Å². The van der Waals surface area contributed by atoms with Crippen molar-refractivity contribution in [1.29, 1.82) is 0 Å². The average Bonchev–Trinajstić information content (AvgIpc) is 3.30. The maximum Gasteiger partial charge on any atom is 0.160 e. The second kappa shape index (κ2) is 12.6. The van der Waals surface area contributed by atoms with Gasteiger partial charge in [-0.2, -0.15) is 0 Å². The Bertz CT molecular complexity index is 919. The van der Waals surface area contributed by atoms with Gasteiger partial charge in [-0.3, -0.25) is 0 Å². The van der Waals surface area contributed by atoms with Crippen LogP contribution in [-0.4, -0.2) is 38.3 Å². The predicted octanol–water partition coefficient (Wildman–Crippen LogP) is 5.14. The molecule has 0 N–H and O–H groups in total. The van der Waals surface area contributed by atoms with Gasteiger partial charge in [0, 0.05) is 13.5 Å². The molecule has 174 valence electrons. The largest absolute Gasteiger partial charge is 0.374 e. The quantitative estimate of drug-likeness (QED) is 0.384. The second-order valence-electron chi connectivity index (χ2n) is 8.17. The molecule has 4 rings (SSSR count). The topological polar surface area (TPSA) is 46.2 Å². The van der Waals surface area contributed by atoms with E-state index in [2.05, 4.69) is 36.4 Å². The molecule has 1 heterocycles. The first-order valence-corrected chi connectivity index (χ1v) is 11.4. The highest BCUT2D eigenvalue weighted by Crippen LogP contribution is 2.29. The van der Waals surface area contributed by atoms with E-state index in [1.54, 1.807) is 7.11 Å². The SMILES string of the molecule is COC1CC(OCc2ccccc2)C(C(COCc2ccccc2)OCc2ccccc2)O1. The molecule has 4 atom stereocenters. The molecule has 1 fully saturated rings.